The summed E-state index contributed by atoms with van der Waals surface area (Å²) in [6.07, 6.45) is -0.145. The summed E-state index contributed by atoms with van der Waals surface area (Å²) in [4.78, 5) is 43.1. The van der Waals surface area contributed by atoms with Gasteiger partial charge in [-0.25, -0.2) is 0 Å². The molecule has 41 heavy (non-hydrogen) atoms. The van der Waals surface area contributed by atoms with Crippen LogP contribution in [0.25, 0.3) is 11.3 Å². The SMILES string of the molecule is CN(C)CCN(C)CC(=O)N(C)c1ccc(N/C(=C2\C(=O)Nc3cc(Cl)ccc32)c2cccc(CC(=O)O)c2)cc1. The van der Waals surface area contributed by atoms with E-state index < -0.39 is 5.97 Å². The van der Waals surface area contributed by atoms with Crippen LogP contribution in [-0.2, 0) is 20.8 Å². The van der Waals surface area contributed by atoms with E-state index in [1.807, 2.05) is 56.4 Å². The molecule has 3 aromatic rings. The third-order valence-corrected chi connectivity index (χ3v) is 7.01. The lowest BCUT2D eigenvalue weighted by atomic mass is 9.98. The topological polar surface area (TPSA) is 105 Å². The molecule has 3 aromatic carbocycles. The Morgan fingerprint density at radius 3 is 2.37 bits per heavy atom. The highest BCUT2D eigenvalue weighted by molar-refractivity contribution is 6.38. The molecule has 214 valence electrons. The summed E-state index contributed by atoms with van der Waals surface area (Å²) in [6, 6.07) is 19.7. The van der Waals surface area contributed by atoms with E-state index >= 15 is 0 Å². The molecular formula is C31H34ClN5O4. The van der Waals surface area contributed by atoms with Crippen LogP contribution in [0.1, 0.15) is 16.7 Å². The largest absolute Gasteiger partial charge is 0.481 e. The van der Waals surface area contributed by atoms with Crippen molar-refractivity contribution in [2.45, 2.75) is 6.42 Å². The van der Waals surface area contributed by atoms with E-state index in [0.717, 1.165) is 18.8 Å². The van der Waals surface area contributed by atoms with Crippen molar-refractivity contribution in [2.75, 3.05) is 63.4 Å². The van der Waals surface area contributed by atoms with E-state index in [4.69, 9.17) is 11.6 Å². The fraction of sp³-hybridized carbons (Fsp3) is 0.258. The Bertz CT molecular complexity index is 1490. The van der Waals surface area contributed by atoms with Crippen LogP contribution < -0.4 is 15.5 Å². The molecule has 0 aromatic heterocycles. The zero-order chi connectivity index (χ0) is 29.7. The highest BCUT2D eigenvalue weighted by Gasteiger charge is 2.29. The molecular weight excluding hydrogens is 542 g/mol. The second kappa shape index (κ2) is 13.0. The lowest BCUT2D eigenvalue weighted by molar-refractivity contribution is -0.136. The smallest absolute Gasteiger partial charge is 0.307 e. The van der Waals surface area contributed by atoms with Crippen LogP contribution in [0, 0.1) is 0 Å². The van der Waals surface area contributed by atoms with Crippen molar-refractivity contribution in [1.82, 2.24) is 9.80 Å². The predicted molar refractivity (Wildman–Crippen MR) is 164 cm³/mol. The molecule has 0 fully saturated rings. The quantitative estimate of drug-likeness (QED) is 0.292. The van der Waals surface area contributed by atoms with Gasteiger partial charge >= 0.3 is 5.97 Å². The third-order valence-electron chi connectivity index (χ3n) is 6.78. The number of carbonyl (C=O) groups is 3. The normalized spacial score (nSPS) is 13.7. The van der Waals surface area contributed by atoms with Crippen molar-refractivity contribution >= 4 is 57.7 Å². The summed E-state index contributed by atoms with van der Waals surface area (Å²) in [5.41, 5.74) is 4.92. The number of nitrogens with one attached hydrogen (secondary N) is 2. The summed E-state index contributed by atoms with van der Waals surface area (Å²) >= 11 is 6.16. The minimum absolute atomic E-state index is 0.0251. The lowest BCUT2D eigenvalue weighted by Crippen LogP contribution is -2.39. The zero-order valence-corrected chi connectivity index (χ0v) is 24.3. The number of anilines is 3. The summed E-state index contributed by atoms with van der Waals surface area (Å²) in [5, 5.41) is 16.1. The number of carboxylic acid groups (broad SMARTS) is 1. The van der Waals surface area contributed by atoms with Crippen molar-refractivity contribution in [3.8, 4) is 0 Å². The number of hydrogen-bond donors (Lipinski definition) is 3. The molecule has 0 radical (unpaired) electrons. The summed E-state index contributed by atoms with van der Waals surface area (Å²) in [7, 11) is 7.67. The number of benzene rings is 3. The lowest BCUT2D eigenvalue weighted by Gasteiger charge is -2.23. The fourth-order valence-corrected chi connectivity index (χ4v) is 4.70. The molecule has 0 unspecified atom stereocenters. The molecule has 0 aliphatic carbocycles. The molecule has 2 amide bonds. The monoisotopic (exact) mass is 575 g/mol. The molecule has 0 spiro atoms. The van der Waals surface area contributed by atoms with Gasteiger partial charge in [-0.2, -0.15) is 0 Å². The number of amides is 2. The maximum absolute atomic E-state index is 13.2. The Labute approximate surface area is 245 Å². The molecule has 1 heterocycles. The van der Waals surface area contributed by atoms with Gasteiger partial charge < -0.3 is 25.5 Å². The van der Waals surface area contributed by atoms with Gasteiger partial charge in [0.1, 0.15) is 0 Å². The highest BCUT2D eigenvalue weighted by Crippen LogP contribution is 2.39. The van der Waals surface area contributed by atoms with E-state index in [1.54, 1.807) is 48.3 Å². The Balaban J connectivity index is 1.63. The standard InChI is InChI=1S/C31H34ClN5O4/c1-35(2)14-15-36(3)19-27(38)37(4)24-11-9-23(10-12-24)33-30(21-7-5-6-20(16-21)17-28(39)40)29-25-13-8-22(32)18-26(25)34-31(29)41/h5-13,16,18,33H,14-15,17,19H2,1-4H3,(H,34,41)(H,39,40)/b30-29-. The number of halogens is 1. The maximum atomic E-state index is 13.2. The zero-order valence-electron chi connectivity index (χ0n) is 23.6. The van der Waals surface area contributed by atoms with Crippen molar-refractivity contribution in [3.63, 3.8) is 0 Å². The predicted octanol–water partition coefficient (Wildman–Crippen LogP) is 4.36. The van der Waals surface area contributed by atoms with Gasteiger partial charge in [-0.3, -0.25) is 19.3 Å². The molecule has 4 rings (SSSR count). The van der Waals surface area contributed by atoms with Crippen molar-refractivity contribution in [2.24, 2.45) is 0 Å². The Kier molecular flexibility index (Phi) is 9.44. The molecule has 0 saturated carbocycles. The van der Waals surface area contributed by atoms with Gasteiger partial charge in [0, 0.05) is 42.1 Å². The second-order valence-corrected chi connectivity index (χ2v) is 10.8. The van der Waals surface area contributed by atoms with Crippen LogP contribution in [0.2, 0.25) is 5.02 Å². The number of nitrogens with zero attached hydrogens (tertiary/aromatic N) is 3. The van der Waals surface area contributed by atoms with Gasteiger partial charge in [0.2, 0.25) is 5.91 Å². The van der Waals surface area contributed by atoms with E-state index in [-0.39, 0.29) is 18.2 Å². The first-order valence-electron chi connectivity index (χ1n) is 13.2. The van der Waals surface area contributed by atoms with Crippen molar-refractivity contribution in [1.29, 1.82) is 0 Å². The third kappa shape index (κ3) is 7.52. The number of carbonyl (C=O) groups excluding carboxylic acids is 2. The molecule has 3 N–H and O–H groups in total. The van der Waals surface area contributed by atoms with Crippen LogP contribution in [0.15, 0.2) is 66.7 Å². The molecule has 0 saturated heterocycles. The van der Waals surface area contributed by atoms with Gasteiger partial charge in [0.25, 0.3) is 5.91 Å². The summed E-state index contributed by atoms with van der Waals surface area (Å²) in [6.45, 7) is 1.94. The van der Waals surface area contributed by atoms with Gasteiger partial charge in [0.15, 0.2) is 0 Å². The first kappa shape index (κ1) is 29.8. The first-order valence-corrected chi connectivity index (χ1v) is 13.5. The van der Waals surface area contributed by atoms with Crippen LogP contribution in [0.3, 0.4) is 0 Å². The van der Waals surface area contributed by atoms with E-state index in [9.17, 15) is 19.5 Å². The molecule has 0 bridgehead atoms. The van der Waals surface area contributed by atoms with Gasteiger partial charge in [-0.15, -0.1) is 0 Å². The summed E-state index contributed by atoms with van der Waals surface area (Å²) < 4.78 is 0. The maximum Gasteiger partial charge on any atom is 0.307 e. The van der Waals surface area contributed by atoms with Crippen LogP contribution in [0.4, 0.5) is 17.1 Å². The number of likely N-dealkylation sites (N-methyl/N-ethyl adjacent to an activating group) is 3. The number of fused-ring (bicyclic) bond motifs is 1. The van der Waals surface area contributed by atoms with E-state index in [0.29, 0.717) is 50.9 Å². The Hall–Kier alpha value is -4.18. The number of aliphatic carboxylic acids is 1. The minimum Gasteiger partial charge on any atom is -0.481 e. The van der Waals surface area contributed by atoms with Crippen molar-refractivity contribution < 1.29 is 19.5 Å². The van der Waals surface area contributed by atoms with Gasteiger partial charge in [-0.1, -0.05) is 35.9 Å². The van der Waals surface area contributed by atoms with Crippen molar-refractivity contribution in [3.05, 3.63) is 88.4 Å². The second-order valence-electron chi connectivity index (χ2n) is 10.3. The molecule has 9 nitrogen and oxygen atoms in total. The van der Waals surface area contributed by atoms with E-state index in [2.05, 4.69) is 15.5 Å². The first-order chi connectivity index (χ1) is 19.5. The van der Waals surface area contributed by atoms with Crippen LogP contribution >= 0.6 is 11.6 Å². The van der Waals surface area contributed by atoms with Crippen LogP contribution in [-0.4, -0.2) is 80.5 Å². The van der Waals surface area contributed by atoms with Crippen LogP contribution in [0.5, 0.6) is 0 Å². The average molecular weight is 576 g/mol. The number of carboxylic acids is 1. The molecule has 0 atom stereocenters. The Morgan fingerprint density at radius 2 is 1.68 bits per heavy atom. The number of hydrogen-bond acceptors (Lipinski definition) is 6. The highest BCUT2D eigenvalue weighted by atomic mass is 35.5. The van der Waals surface area contributed by atoms with Gasteiger partial charge in [-0.05, 0) is 74.7 Å². The average Bonchev–Trinajstić information content (AvgIpc) is 3.24. The Morgan fingerprint density at radius 1 is 0.951 bits per heavy atom. The molecule has 1 aliphatic rings. The minimum atomic E-state index is -0.943. The molecule has 10 heteroatoms. The molecule has 1 aliphatic heterocycles. The van der Waals surface area contributed by atoms with E-state index in [1.165, 1.54) is 0 Å². The van der Waals surface area contributed by atoms with Gasteiger partial charge in [0.05, 0.1) is 29.9 Å². The number of rotatable bonds is 11. The fourth-order valence-electron chi connectivity index (χ4n) is 4.53. The summed E-state index contributed by atoms with van der Waals surface area (Å²) in [5.74, 6) is -1.27.